The van der Waals surface area contributed by atoms with Crippen LogP contribution in [0.5, 0.6) is 0 Å². The predicted octanol–water partition coefficient (Wildman–Crippen LogP) is 1.78. The molecule has 1 aromatic heterocycles. The summed E-state index contributed by atoms with van der Waals surface area (Å²) in [5.41, 5.74) is 0.977. The lowest BCUT2D eigenvalue weighted by atomic mass is 10.2. The predicted molar refractivity (Wildman–Crippen MR) is 92.0 cm³/mol. The first kappa shape index (κ1) is 18.5. The Labute approximate surface area is 146 Å². The van der Waals surface area contributed by atoms with Gasteiger partial charge in [-0.1, -0.05) is 35.5 Å². The van der Waals surface area contributed by atoms with Crippen molar-refractivity contribution in [2.24, 2.45) is 0 Å². The van der Waals surface area contributed by atoms with E-state index in [9.17, 15) is 9.59 Å². The number of hydrogen-bond donors (Lipinski definition) is 2. The van der Waals surface area contributed by atoms with Crippen molar-refractivity contribution in [2.75, 3.05) is 32.1 Å². The van der Waals surface area contributed by atoms with E-state index in [0.29, 0.717) is 31.3 Å². The summed E-state index contributed by atoms with van der Waals surface area (Å²) >= 11 is 0. The van der Waals surface area contributed by atoms with E-state index in [4.69, 9.17) is 9.26 Å². The summed E-state index contributed by atoms with van der Waals surface area (Å²) in [5, 5.41) is 9.09. The van der Waals surface area contributed by atoms with E-state index in [1.807, 2.05) is 30.3 Å². The van der Waals surface area contributed by atoms with Gasteiger partial charge in [-0.25, -0.2) is 4.79 Å². The molecule has 2 rings (SSSR count). The number of aromatic nitrogens is 1. The molecule has 8 heteroatoms. The molecule has 134 valence electrons. The Morgan fingerprint density at radius 1 is 1.28 bits per heavy atom. The van der Waals surface area contributed by atoms with Crippen LogP contribution in [0.15, 0.2) is 40.9 Å². The fraction of sp³-hybridized carbons (Fsp3) is 0.353. The van der Waals surface area contributed by atoms with Crippen LogP contribution in [0.4, 0.5) is 10.6 Å². The molecule has 2 N–H and O–H groups in total. The molecule has 8 nitrogen and oxygen atoms in total. The first-order valence-electron chi connectivity index (χ1n) is 7.87. The van der Waals surface area contributed by atoms with Gasteiger partial charge in [-0.3, -0.25) is 4.79 Å². The highest BCUT2D eigenvalue weighted by atomic mass is 16.5. The maximum Gasteiger partial charge on any atom is 0.318 e. The number of nitrogens with zero attached hydrogens (tertiary/aromatic N) is 2. The molecule has 0 saturated carbocycles. The standard InChI is InChI=1S/C17H22N4O4/c1-13-10-15(20-25-13)19-16(22)12-21(8-9-24-2)17(23)18-11-14-6-4-3-5-7-14/h3-7,10H,8-9,11-12H2,1-2H3,(H,18,23)(H,19,20,22). The van der Waals surface area contributed by atoms with Crippen molar-refractivity contribution in [1.82, 2.24) is 15.4 Å². The van der Waals surface area contributed by atoms with E-state index in [2.05, 4.69) is 15.8 Å². The Bertz CT molecular complexity index is 687. The third-order valence-electron chi connectivity index (χ3n) is 3.37. The topological polar surface area (TPSA) is 96.7 Å². The van der Waals surface area contributed by atoms with E-state index in [0.717, 1.165) is 5.56 Å². The minimum absolute atomic E-state index is 0.115. The van der Waals surface area contributed by atoms with Gasteiger partial charge >= 0.3 is 6.03 Å². The fourth-order valence-corrected chi connectivity index (χ4v) is 2.12. The fourth-order valence-electron chi connectivity index (χ4n) is 2.12. The van der Waals surface area contributed by atoms with Gasteiger partial charge in [0.15, 0.2) is 5.82 Å². The van der Waals surface area contributed by atoms with Crippen LogP contribution in [0.25, 0.3) is 0 Å². The van der Waals surface area contributed by atoms with Gasteiger partial charge in [-0.15, -0.1) is 0 Å². The van der Waals surface area contributed by atoms with Gasteiger partial charge in [-0.2, -0.15) is 0 Å². The number of benzene rings is 1. The van der Waals surface area contributed by atoms with Gasteiger partial charge in [0.2, 0.25) is 5.91 Å². The molecule has 1 heterocycles. The summed E-state index contributed by atoms with van der Waals surface area (Å²) in [4.78, 5) is 25.9. The van der Waals surface area contributed by atoms with Crippen LogP contribution >= 0.6 is 0 Å². The molecule has 0 aliphatic heterocycles. The molecule has 0 fully saturated rings. The normalized spacial score (nSPS) is 10.3. The smallest absolute Gasteiger partial charge is 0.318 e. The van der Waals surface area contributed by atoms with Crippen LogP contribution in [0.3, 0.4) is 0 Å². The number of anilines is 1. The SMILES string of the molecule is COCCN(CC(=O)Nc1cc(C)on1)C(=O)NCc1ccccc1. The summed E-state index contributed by atoms with van der Waals surface area (Å²) in [6.07, 6.45) is 0. The molecule has 0 atom stereocenters. The molecule has 2 aromatic rings. The monoisotopic (exact) mass is 346 g/mol. The highest BCUT2D eigenvalue weighted by molar-refractivity contribution is 5.93. The number of carbonyl (C=O) groups is 2. The first-order valence-corrected chi connectivity index (χ1v) is 7.87. The lowest BCUT2D eigenvalue weighted by Gasteiger charge is -2.22. The Hall–Kier alpha value is -2.87. The number of amides is 3. The molecule has 0 aliphatic carbocycles. The quantitative estimate of drug-likeness (QED) is 0.759. The second-order valence-electron chi connectivity index (χ2n) is 5.43. The van der Waals surface area contributed by atoms with Crippen LogP contribution in [0.1, 0.15) is 11.3 Å². The summed E-state index contributed by atoms with van der Waals surface area (Å²) in [6.45, 7) is 2.62. The van der Waals surface area contributed by atoms with Gasteiger partial charge < -0.3 is 24.8 Å². The second-order valence-corrected chi connectivity index (χ2v) is 5.43. The summed E-state index contributed by atoms with van der Waals surface area (Å²) in [6, 6.07) is 10.8. The molecule has 3 amide bonds. The number of ether oxygens (including phenoxy) is 1. The summed E-state index contributed by atoms with van der Waals surface area (Å²) in [5.74, 6) is 0.547. The van der Waals surface area contributed by atoms with Crippen molar-refractivity contribution in [2.45, 2.75) is 13.5 Å². The number of nitrogens with one attached hydrogen (secondary N) is 2. The highest BCUT2D eigenvalue weighted by Crippen LogP contribution is 2.07. The third-order valence-corrected chi connectivity index (χ3v) is 3.37. The Morgan fingerprint density at radius 2 is 2.04 bits per heavy atom. The van der Waals surface area contributed by atoms with E-state index in [1.54, 1.807) is 13.0 Å². The number of hydrogen-bond acceptors (Lipinski definition) is 5. The molecule has 1 aromatic carbocycles. The molecule has 25 heavy (non-hydrogen) atoms. The minimum Gasteiger partial charge on any atom is -0.383 e. The van der Waals surface area contributed by atoms with Crippen LogP contribution in [-0.4, -0.2) is 48.8 Å². The zero-order valence-corrected chi connectivity index (χ0v) is 14.3. The lowest BCUT2D eigenvalue weighted by molar-refractivity contribution is -0.116. The molecular weight excluding hydrogens is 324 g/mol. The van der Waals surface area contributed by atoms with Crippen molar-refractivity contribution in [3.8, 4) is 0 Å². The molecule has 0 radical (unpaired) electrons. The average molecular weight is 346 g/mol. The largest absolute Gasteiger partial charge is 0.383 e. The Balaban J connectivity index is 1.89. The van der Waals surface area contributed by atoms with Gasteiger partial charge in [0.05, 0.1) is 6.61 Å². The number of methoxy groups -OCH3 is 1. The molecule has 0 aliphatic rings. The third kappa shape index (κ3) is 6.27. The maximum absolute atomic E-state index is 12.4. The molecular formula is C17H22N4O4. The van der Waals surface area contributed by atoms with E-state index < -0.39 is 0 Å². The van der Waals surface area contributed by atoms with Crippen LogP contribution in [0, 0.1) is 6.92 Å². The highest BCUT2D eigenvalue weighted by Gasteiger charge is 2.17. The number of aryl methyl sites for hydroxylation is 1. The molecule has 0 bridgehead atoms. The van der Waals surface area contributed by atoms with Crippen LogP contribution in [0.2, 0.25) is 0 Å². The number of rotatable bonds is 8. The minimum atomic E-state index is -0.362. The van der Waals surface area contributed by atoms with Crippen LogP contribution in [-0.2, 0) is 16.1 Å². The zero-order chi connectivity index (χ0) is 18.1. The zero-order valence-electron chi connectivity index (χ0n) is 14.3. The van der Waals surface area contributed by atoms with E-state index in [1.165, 1.54) is 12.0 Å². The summed E-state index contributed by atoms with van der Waals surface area (Å²) in [7, 11) is 1.54. The average Bonchev–Trinajstić information content (AvgIpc) is 3.02. The summed E-state index contributed by atoms with van der Waals surface area (Å²) < 4.78 is 9.90. The van der Waals surface area contributed by atoms with Crippen molar-refractivity contribution in [3.05, 3.63) is 47.7 Å². The van der Waals surface area contributed by atoms with Gasteiger partial charge in [0.25, 0.3) is 0 Å². The Kier molecular flexibility index (Phi) is 6.97. The second kappa shape index (κ2) is 9.43. The molecule has 0 spiro atoms. The van der Waals surface area contributed by atoms with Crippen molar-refractivity contribution >= 4 is 17.8 Å². The van der Waals surface area contributed by atoms with Gasteiger partial charge in [0.1, 0.15) is 12.3 Å². The van der Waals surface area contributed by atoms with E-state index in [-0.39, 0.29) is 18.5 Å². The van der Waals surface area contributed by atoms with Gasteiger partial charge in [0, 0.05) is 26.3 Å². The number of carbonyl (C=O) groups excluding carboxylic acids is 2. The van der Waals surface area contributed by atoms with Crippen molar-refractivity contribution in [1.29, 1.82) is 0 Å². The molecule has 0 unspecified atom stereocenters. The maximum atomic E-state index is 12.4. The van der Waals surface area contributed by atoms with Crippen LogP contribution < -0.4 is 10.6 Å². The Morgan fingerprint density at radius 3 is 2.68 bits per heavy atom. The van der Waals surface area contributed by atoms with Crippen molar-refractivity contribution < 1.29 is 18.8 Å². The van der Waals surface area contributed by atoms with Gasteiger partial charge in [-0.05, 0) is 12.5 Å². The van der Waals surface area contributed by atoms with Crippen molar-refractivity contribution in [3.63, 3.8) is 0 Å². The number of urea groups is 1. The van der Waals surface area contributed by atoms with E-state index >= 15 is 0 Å². The molecule has 0 saturated heterocycles. The first-order chi connectivity index (χ1) is 12.1. The lowest BCUT2D eigenvalue weighted by Crippen LogP contribution is -2.45.